The number of rotatable bonds is 8. The summed E-state index contributed by atoms with van der Waals surface area (Å²) in [5, 5.41) is 3.46. The molecule has 7 heteroatoms. The minimum absolute atomic E-state index is 0.231. The minimum atomic E-state index is -0.231. The van der Waals surface area contributed by atoms with Crippen LogP contribution in [-0.4, -0.2) is 37.9 Å². The van der Waals surface area contributed by atoms with E-state index >= 15 is 0 Å². The Morgan fingerprint density at radius 1 is 1.10 bits per heavy atom. The molecule has 1 aromatic heterocycles. The van der Waals surface area contributed by atoms with Gasteiger partial charge in [-0.1, -0.05) is 17.7 Å². The second kappa shape index (κ2) is 9.89. The summed E-state index contributed by atoms with van der Waals surface area (Å²) in [7, 11) is 3.71. The summed E-state index contributed by atoms with van der Waals surface area (Å²) in [5.74, 6) is -0.231. The van der Waals surface area contributed by atoms with Crippen LogP contribution in [0.15, 0.2) is 66.9 Å². The Labute approximate surface area is 181 Å². The first kappa shape index (κ1) is 21.3. The third-order valence-electron chi connectivity index (χ3n) is 4.61. The van der Waals surface area contributed by atoms with Crippen LogP contribution in [0.3, 0.4) is 0 Å². The van der Waals surface area contributed by atoms with Crippen molar-refractivity contribution < 1.29 is 9.59 Å². The van der Waals surface area contributed by atoms with Crippen molar-refractivity contribution >= 4 is 41.0 Å². The molecule has 0 aliphatic heterocycles. The molecule has 2 amide bonds. The molecule has 0 atom stereocenters. The van der Waals surface area contributed by atoms with E-state index in [0.717, 1.165) is 23.5 Å². The molecule has 3 rings (SSSR count). The molecule has 154 valence electrons. The van der Waals surface area contributed by atoms with E-state index in [1.165, 1.54) is 0 Å². The van der Waals surface area contributed by atoms with Crippen LogP contribution in [0.2, 0.25) is 5.02 Å². The van der Waals surface area contributed by atoms with Gasteiger partial charge in [-0.25, -0.2) is 0 Å². The van der Waals surface area contributed by atoms with E-state index in [4.69, 9.17) is 11.6 Å². The van der Waals surface area contributed by atoms with E-state index in [0.29, 0.717) is 29.2 Å². The van der Waals surface area contributed by atoms with E-state index in [9.17, 15) is 9.59 Å². The predicted octanol–water partition coefficient (Wildman–Crippen LogP) is 4.26. The number of nitrogens with one attached hydrogen (secondary N) is 1. The number of carbonyl (C=O) groups is 2. The Morgan fingerprint density at radius 2 is 1.87 bits per heavy atom. The maximum atomic E-state index is 12.7. The zero-order chi connectivity index (χ0) is 21.5. The van der Waals surface area contributed by atoms with Gasteiger partial charge in [0, 0.05) is 55.3 Å². The van der Waals surface area contributed by atoms with Crippen molar-refractivity contribution in [1.82, 2.24) is 4.98 Å². The molecule has 0 saturated heterocycles. The zero-order valence-electron chi connectivity index (χ0n) is 16.9. The largest absolute Gasteiger partial charge is 0.377 e. The van der Waals surface area contributed by atoms with Gasteiger partial charge in [-0.2, -0.15) is 0 Å². The lowest BCUT2D eigenvalue weighted by molar-refractivity contribution is -0.107. The monoisotopic (exact) mass is 422 g/mol. The molecular formula is C23H23ClN4O2. The average Bonchev–Trinajstić information content (AvgIpc) is 2.75. The first-order chi connectivity index (χ1) is 14.5. The molecule has 0 unspecified atom stereocenters. The highest BCUT2D eigenvalue weighted by Crippen LogP contribution is 2.25. The number of halogens is 1. The topological polar surface area (TPSA) is 65.5 Å². The van der Waals surface area contributed by atoms with Crippen molar-refractivity contribution in [2.24, 2.45) is 0 Å². The van der Waals surface area contributed by atoms with E-state index in [1.807, 2.05) is 37.2 Å². The van der Waals surface area contributed by atoms with Crippen LogP contribution in [0.25, 0.3) is 0 Å². The normalized spacial score (nSPS) is 10.4. The first-order valence-electron chi connectivity index (χ1n) is 9.48. The number of benzene rings is 2. The lowest BCUT2D eigenvalue weighted by Crippen LogP contribution is -2.24. The van der Waals surface area contributed by atoms with Crippen molar-refractivity contribution in [3.05, 3.63) is 83.1 Å². The molecule has 0 spiro atoms. The Bertz CT molecular complexity index is 1010. The second-order valence-corrected chi connectivity index (χ2v) is 7.36. The third kappa shape index (κ3) is 5.36. The third-order valence-corrected chi connectivity index (χ3v) is 4.84. The van der Waals surface area contributed by atoms with Gasteiger partial charge < -0.3 is 15.1 Å². The van der Waals surface area contributed by atoms with Crippen LogP contribution >= 0.6 is 11.6 Å². The summed E-state index contributed by atoms with van der Waals surface area (Å²) >= 11 is 6.06. The van der Waals surface area contributed by atoms with Crippen molar-refractivity contribution in [3.8, 4) is 0 Å². The van der Waals surface area contributed by atoms with E-state index in [-0.39, 0.29) is 5.91 Å². The first-order valence-corrected chi connectivity index (χ1v) is 9.86. The number of hydrogen-bond donors (Lipinski definition) is 1. The van der Waals surface area contributed by atoms with Crippen LogP contribution in [0, 0.1) is 0 Å². The van der Waals surface area contributed by atoms with E-state index in [1.54, 1.807) is 53.6 Å². The van der Waals surface area contributed by atoms with Gasteiger partial charge in [-0.3, -0.25) is 14.6 Å². The van der Waals surface area contributed by atoms with Gasteiger partial charge in [0.2, 0.25) is 6.41 Å². The van der Waals surface area contributed by atoms with Gasteiger partial charge in [-0.05, 0) is 54.6 Å². The summed E-state index contributed by atoms with van der Waals surface area (Å²) < 4.78 is 0. The zero-order valence-corrected chi connectivity index (χ0v) is 17.6. The standard InChI is InChI=1S/C23H23ClN4O2/c1-27(2)22-15-17(24)6-11-21(22)23(30)26-19-7-9-20(10-8-19)28(16-29)14-12-18-5-3-4-13-25-18/h3-11,13,15-16H,12,14H2,1-2H3,(H,26,30). The molecule has 30 heavy (non-hydrogen) atoms. The predicted molar refractivity (Wildman–Crippen MR) is 122 cm³/mol. The molecule has 1 heterocycles. The molecule has 2 aromatic carbocycles. The summed E-state index contributed by atoms with van der Waals surface area (Å²) in [4.78, 5) is 32.0. The number of nitrogens with zero attached hydrogens (tertiary/aromatic N) is 3. The Kier molecular flexibility index (Phi) is 7.03. The summed E-state index contributed by atoms with van der Waals surface area (Å²) in [6.45, 7) is 0.517. The minimum Gasteiger partial charge on any atom is -0.377 e. The lowest BCUT2D eigenvalue weighted by atomic mass is 10.1. The molecule has 0 radical (unpaired) electrons. The van der Waals surface area contributed by atoms with Crippen molar-refractivity contribution in [2.45, 2.75) is 6.42 Å². The maximum absolute atomic E-state index is 12.7. The molecule has 0 aliphatic rings. The van der Waals surface area contributed by atoms with Crippen molar-refractivity contribution in [3.63, 3.8) is 0 Å². The number of amides is 2. The molecule has 3 aromatic rings. The summed E-state index contributed by atoms with van der Waals surface area (Å²) in [6.07, 6.45) is 3.19. The molecule has 6 nitrogen and oxygen atoms in total. The number of aromatic nitrogens is 1. The highest BCUT2D eigenvalue weighted by Gasteiger charge is 2.14. The highest BCUT2D eigenvalue weighted by molar-refractivity contribution is 6.31. The number of anilines is 3. The fraction of sp³-hybridized carbons (Fsp3) is 0.174. The van der Waals surface area contributed by atoms with Gasteiger partial charge in [0.25, 0.3) is 5.91 Å². The number of hydrogen-bond acceptors (Lipinski definition) is 4. The molecule has 0 saturated carbocycles. The highest BCUT2D eigenvalue weighted by atomic mass is 35.5. The van der Waals surface area contributed by atoms with E-state index in [2.05, 4.69) is 10.3 Å². The van der Waals surface area contributed by atoms with Crippen LogP contribution in [0.1, 0.15) is 16.1 Å². The Balaban J connectivity index is 1.68. The average molecular weight is 423 g/mol. The van der Waals surface area contributed by atoms with Crippen molar-refractivity contribution in [2.75, 3.05) is 35.8 Å². The summed E-state index contributed by atoms with van der Waals surface area (Å²) in [5.41, 5.74) is 3.57. The molecular weight excluding hydrogens is 400 g/mol. The molecule has 0 fully saturated rings. The van der Waals surface area contributed by atoms with Crippen LogP contribution < -0.4 is 15.1 Å². The summed E-state index contributed by atoms with van der Waals surface area (Å²) in [6, 6.07) is 18.0. The Morgan fingerprint density at radius 3 is 2.50 bits per heavy atom. The molecule has 1 N–H and O–H groups in total. The number of carbonyl (C=O) groups excluding carboxylic acids is 2. The molecule has 0 bridgehead atoms. The Hall–Kier alpha value is -3.38. The van der Waals surface area contributed by atoms with Crippen molar-refractivity contribution in [1.29, 1.82) is 0 Å². The van der Waals surface area contributed by atoms with Gasteiger partial charge in [-0.15, -0.1) is 0 Å². The molecule has 0 aliphatic carbocycles. The van der Waals surface area contributed by atoms with Crippen LogP contribution in [0.5, 0.6) is 0 Å². The lowest BCUT2D eigenvalue weighted by Gasteiger charge is -2.19. The van der Waals surface area contributed by atoms with Gasteiger partial charge in [0.15, 0.2) is 0 Å². The van der Waals surface area contributed by atoms with Gasteiger partial charge >= 0.3 is 0 Å². The fourth-order valence-corrected chi connectivity index (χ4v) is 3.19. The number of pyridine rings is 1. The van der Waals surface area contributed by atoms with Crippen LogP contribution in [-0.2, 0) is 11.2 Å². The maximum Gasteiger partial charge on any atom is 0.257 e. The smallest absolute Gasteiger partial charge is 0.257 e. The second-order valence-electron chi connectivity index (χ2n) is 6.93. The van der Waals surface area contributed by atoms with Gasteiger partial charge in [0.05, 0.1) is 11.3 Å². The van der Waals surface area contributed by atoms with E-state index < -0.39 is 0 Å². The van der Waals surface area contributed by atoms with Crippen LogP contribution in [0.4, 0.5) is 17.1 Å². The SMILES string of the molecule is CN(C)c1cc(Cl)ccc1C(=O)Nc1ccc(N(C=O)CCc2ccccn2)cc1. The quantitative estimate of drug-likeness (QED) is 0.551. The fourth-order valence-electron chi connectivity index (χ4n) is 3.03. The van der Waals surface area contributed by atoms with Gasteiger partial charge in [0.1, 0.15) is 0 Å².